The average Bonchev–Trinajstić information content (AvgIpc) is 2.68. The minimum atomic E-state index is -0.153. The van der Waals surface area contributed by atoms with Gasteiger partial charge in [-0.1, -0.05) is 26.0 Å². The monoisotopic (exact) mass is 381 g/mol. The minimum Gasteiger partial charge on any atom is -0.494 e. The third-order valence-corrected chi connectivity index (χ3v) is 4.69. The summed E-state index contributed by atoms with van der Waals surface area (Å²) in [6, 6.07) is 13.1. The summed E-state index contributed by atoms with van der Waals surface area (Å²) in [5, 5.41) is 5.78. The highest BCUT2D eigenvalue weighted by Crippen LogP contribution is 2.25. The first-order valence-electron chi connectivity index (χ1n) is 9.67. The van der Waals surface area contributed by atoms with E-state index in [1.165, 1.54) is 5.56 Å². The number of urea groups is 1. The molecule has 1 aliphatic rings. The Morgan fingerprint density at radius 1 is 1.07 bits per heavy atom. The van der Waals surface area contributed by atoms with Gasteiger partial charge in [-0.2, -0.15) is 0 Å². The smallest absolute Gasteiger partial charge is 0.322 e. The second-order valence-electron chi connectivity index (χ2n) is 7.19. The fourth-order valence-electron chi connectivity index (χ4n) is 3.13. The summed E-state index contributed by atoms with van der Waals surface area (Å²) >= 11 is 0. The van der Waals surface area contributed by atoms with Gasteiger partial charge in [-0.15, -0.1) is 0 Å². The van der Waals surface area contributed by atoms with Crippen LogP contribution in [0.3, 0.4) is 0 Å². The lowest BCUT2D eigenvalue weighted by Gasteiger charge is -2.29. The lowest BCUT2D eigenvalue weighted by Crippen LogP contribution is -2.38. The van der Waals surface area contributed by atoms with Crippen molar-refractivity contribution in [2.45, 2.75) is 33.7 Å². The lowest BCUT2D eigenvalue weighted by atomic mass is 10.00. The van der Waals surface area contributed by atoms with Crippen LogP contribution in [-0.4, -0.2) is 30.0 Å². The zero-order valence-electron chi connectivity index (χ0n) is 16.6. The zero-order chi connectivity index (χ0) is 20.1. The van der Waals surface area contributed by atoms with Crippen LogP contribution in [0.4, 0.5) is 16.2 Å². The Bertz CT molecular complexity index is 864. The Kier molecular flexibility index (Phi) is 6.19. The molecule has 1 heterocycles. The molecule has 6 nitrogen and oxygen atoms in total. The minimum absolute atomic E-state index is 0.0544. The van der Waals surface area contributed by atoms with Gasteiger partial charge >= 0.3 is 6.03 Å². The van der Waals surface area contributed by atoms with E-state index >= 15 is 0 Å². The Morgan fingerprint density at radius 3 is 2.54 bits per heavy atom. The summed E-state index contributed by atoms with van der Waals surface area (Å²) in [5.41, 5.74) is 3.69. The van der Waals surface area contributed by atoms with Crippen molar-refractivity contribution >= 4 is 23.3 Å². The van der Waals surface area contributed by atoms with Crippen LogP contribution in [0.1, 0.15) is 31.9 Å². The summed E-state index contributed by atoms with van der Waals surface area (Å²) in [5.74, 6) is 0.673. The summed E-state index contributed by atoms with van der Waals surface area (Å²) in [7, 11) is 0. The largest absolute Gasteiger partial charge is 0.494 e. The van der Waals surface area contributed by atoms with Crippen molar-refractivity contribution in [2.24, 2.45) is 5.92 Å². The highest BCUT2D eigenvalue weighted by atomic mass is 16.5. The molecule has 0 unspecified atom stereocenters. The van der Waals surface area contributed by atoms with Crippen LogP contribution < -0.4 is 15.4 Å². The SMILES string of the molecule is CCOc1ccc2c(c1)CN(C(=O)Nc1cccc(NC(=O)C(C)C)c1)CC2. The van der Waals surface area contributed by atoms with Gasteiger partial charge in [0.05, 0.1) is 6.61 Å². The molecule has 28 heavy (non-hydrogen) atoms. The molecule has 0 aromatic heterocycles. The van der Waals surface area contributed by atoms with Crippen molar-refractivity contribution in [1.29, 1.82) is 0 Å². The molecule has 2 N–H and O–H groups in total. The highest BCUT2D eigenvalue weighted by Gasteiger charge is 2.21. The van der Waals surface area contributed by atoms with Crippen LogP contribution in [-0.2, 0) is 17.8 Å². The van der Waals surface area contributed by atoms with Crippen molar-refractivity contribution < 1.29 is 14.3 Å². The van der Waals surface area contributed by atoms with Gasteiger partial charge in [0.25, 0.3) is 0 Å². The van der Waals surface area contributed by atoms with Gasteiger partial charge in [0.1, 0.15) is 5.75 Å². The number of anilines is 2. The molecule has 0 fully saturated rings. The maximum atomic E-state index is 12.7. The van der Waals surface area contributed by atoms with Crippen molar-refractivity contribution in [3.63, 3.8) is 0 Å². The fourth-order valence-corrected chi connectivity index (χ4v) is 3.13. The molecule has 0 saturated heterocycles. The number of carbonyl (C=O) groups is 2. The van der Waals surface area contributed by atoms with Crippen LogP contribution in [0.25, 0.3) is 0 Å². The molecule has 1 aliphatic heterocycles. The number of fused-ring (bicyclic) bond motifs is 1. The molecule has 3 rings (SSSR count). The quantitative estimate of drug-likeness (QED) is 0.812. The maximum absolute atomic E-state index is 12.7. The predicted molar refractivity (Wildman–Crippen MR) is 111 cm³/mol. The summed E-state index contributed by atoms with van der Waals surface area (Å²) < 4.78 is 5.57. The van der Waals surface area contributed by atoms with Crippen molar-refractivity contribution in [2.75, 3.05) is 23.8 Å². The number of carbonyl (C=O) groups excluding carboxylic acids is 2. The van der Waals surface area contributed by atoms with E-state index in [0.717, 1.165) is 17.7 Å². The number of amides is 3. The Morgan fingerprint density at radius 2 is 1.82 bits per heavy atom. The van der Waals surface area contributed by atoms with Crippen LogP contribution in [0.5, 0.6) is 5.75 Å². The molecule has 2 aromatic rings. The molecule has 0 spiro atoms. The van der Waals surface area contributed by atoms with E-state index < -0.39 is 0 Å². The van der Waals surface area contributed by atoms with E-state index in [2.05, 4.69) is 16.7 Å². The molecule has 2 aromatic carbocycles. The van der Waals surface area contributed by atoms with Crippen LogP contribution in [0.2, 0.25) is 0 Å². The molecule has 0 aliphatic carbocycles. The normalized spacial score (nSPS) is 13.1. The zero-order valence-corrected chi connectivity index (χ0v) is 16.6. The number of hydrogen-bond acceptors (Lipinski definition) is 3. The molecular formula is C22H27N3O3. The number of rotatable bonds is 5. The highest BCUT2D eigenvalue weighted by molar-refractivity contribution is 5.94. The average molecular weight is 381 g/mol. The van der Waals surface area contributed by atoms with Gasteiger partial charge in [-0.25, -0.2) is 4.79 Å². The van der Waals surface area contributed by atoms with Crippen molar-refractivity contribution in [3.05, 3.63) is 53.6 Å². The molecule has 0 saturated carbocycles. The molecular weight excluding hydrogens is 354 g/mol. The summed E-state index contributed by atoms with van der Waals surface area (Å²) in [6.07, 6.45) is 0.819. The lowest BCUT2D eigenvalue weighted by molar-refractivity contribution is -0.118. The van der Waals surface area contributed by atoms with Crippen LogP contribution in [0.15, 0.2) is 42.5 Å². The summed E-state index contributed by atoms with van der Waals surface area (Å²) in [6.45, 7) is 7.46. The van der Waals surface area contributed by atoms with Crippen molar-refractivity contribution in [1.82, 2.24) is 4.90 Å². The van der Waals surface area contributed by atoms with Gasteiger partial charge < -0.3 is 20.3 Å². The molecule has 3 amide bonds. The Hall–Kier alpha value is -3.02. The Labute approximate surface area is 165 Å². The van der Waals surface area contributed by atoms with Gasteiger partial charge in [0.2, 0.25) is 5.91 Å². The Balaban J connectivity index is 1.65. The van der Waals surface area contributed by atoms with E-state index in [1.54, 1.807) is 11.0 Å². The van der Waals surface area contributed by atoms with E-state index in [9.17, 15) is 9.59 Å². The van der Waals surface area contributed by atoms with Gasteiger partial charge in [-0.05, 0) is 54.8 Å². The first-order valence-corrected chi connectivity index (χ1v) is 9.67. The number of nitrogens with zero attached hydrogens (tertiary/aromatic N) is 1. The maximum Gasteiger partial charge on any atom is 0.322 e. The van der Waals surface area contributed by atoms with Gasteiger partial charge in [-0.3, -0.25) is 4.79 Å². The fraction of sp³-hybridized carbons (Fsp3) is 0.364. The molecule has 6 heteroatoms. The second-order valence-corrected chi connectivity index (χ2v) is 7.19. The van der Waals surface area contributed by atoms with Crippen LogP contribution >= 0.6 is 0 Å². The number of benzene rings is 2. The molecule has 148 valence electrons. The number of nitrogens with one attached hydrogen (secondary N) is 2. The van der Waals surface area contributed by atoms with Crippen LogP contribution in [0, 0.1) is 5.92 Å². The van der Waals surface area contributed by atoms with E-state index in [1.807, 2.05) is 51.1 Å². The van der Waals surface area contributed by atoms with E-state index in [0.29, 0.717) is 31.1 Å². The van der Waals surface area contributed by atoms with Crippen molar-refractivity contribution in [3.8, 4) is 5.75 Å². The molecule has 0 bridgehead atoms. The predicted octanol–water partition coefficient (Wildman–Crippen LogP) is 4.27. The topological polar surface area (TPSA) is 70.7 Å². The molecule has 0 radical (unpaired) electrons. The third-order valence-electron chi connectivity index (χ3n) is 4.69. The standard InChI is InChI=1S/C22H27N3O3/c1-4-28-20-9-8-16-10-11-25(14-17(16)12-20)22(27)24-19-7-5-6-18(13-19)23-21(26)15(2)3/h5-9,12-13,15H,4,10-11,14H2,1-3H3,(H,23,26)(H,24,27). The number of ether oxygens (including phenoxy) is 1. The first-order chi connectivity index (χ1) is 13.5. The van der Waals surface area contributed by atoms with E-state index in [-0.39, 0.29) is 17.9 Å². The third kappa shape index (κ3) is 4.82. The molecule has 0 atom stereocenters. The van der Waals surface area contributed by atoms with Gasteiger partial charge in [0.15, 0.2) is 0 Å². The first kappa shape index (κ1) is 19.7. The van der Waals surface area contributed by atoms with E-state index in [4.69, 9.17) is 4.74 Å². The van der Waals surface area contributed by atoms with Gasteiger partial charge in [0, 0.05) is 30.4 Å². The summed E-state index contributed by atoms with van der Waals surface area (Å²) in [4.78, 5) is 26.4. The number of hydrogen-bond donors (Lipinski definition) is 2. The second kappa shape index (κ2) is 8.78.